The van der Waals surface area contributed by atoms with E-state index in [0.717, 1.165) is 0 Å². The lowest BCUT2D eigenvalue weighted by Gasteiger charge is -2.02. The summed E-state index contributed by atoms with van der Waals surface area (Å²) in [6.07, 6.45) is 0. The van der Waals surface area contributed by atoms with Gasteiger partial charge in [0.2, 0.25) is 0 Å². The maximum atomic E-state index is 12.1. The molecule has 0 spiro atoms. The number of carbonyl (C=O) groups is 2. The fourth-order valence-corrected chi connectivity index (χ4v) is 4.16. The fraction of sp³-hybridized carbons (Fsp3) is 0. The summed E-state index contributed by atoms with van der Waals surface area (Å²) in [6.45, 7) is 0. The molecule has 0 saturated heterocycles. The molecule has 0 fully saturated rings. The van der Waals surface area contributed by atoms with Gasteiger partial charge in [-0.1, -0.05) is 23.2 Å². The molecular formula is C30H18Cl2N8O2. The molecule has 2 amide bonds. The molecule has 0 atom stereocenters. The van der Waals surface area contributed by atoms with Crippen molar-refractivity contribution in [2.24, 2.45) is 0 Å². The minimum absolute atomic E-state index is 0.205. The number of aromatic amines is 2. The number of hydrogen-bond acceptors (Lipinski definition) is 6. The Morgan fingerprint density at radius 1 is 0.619 bits per heavy atom. The summed E-state index contributed by atoms with van der Waals surface area (Å²) < 4.78 is 0. The van der Waals surface area contributed by atoms with Crippen LogP contribution in [0.5, 0.6) is 0 Å². The minimum Gasteiger partial charge on any atom is -0.334 e. The molecule has 12 heteroatoms. The average Bonchev–Trinajstić information content (AvgIpc) is 3.62. The Bertz CT molecular complexity index is 1870. The Hall–Kier alpha value is -5.68. The first-order valence-electron chi connectivity index (χ1n) is 12.2. The van der Waals surface area contributed by atoms with Crippen molar-refractivity contribution in [3.8, 4) is 12.1 Å². The summed E-state index contributed by atoms with van der Waals surface area (Å²) in [5, 5.41) is 24.0. The fourth-order valence-electron chi connectivity index (χ4n) is 3.82. The van der Waals surface area contributed by atoms with Crippen LogP contribution >= 0.6 is 23.2 Å². The second kappa shape index (κ2) is 12.2. The van der Waals surface area contributed by atoms with Crippen molar-refractivity contribution in [1.82, 2.24) is 19.9 Å². The highest BCUT2D eigenvalue weighted by Gasteiger charge is 2.13. The van der Waals surface area contributed by atoms with E-state index in [2.05, 4.69) is 30.6 Å². The second-order valence-corrected chi connectivity index (χ2v) is 9.65. The number of nitrogens with one attached hydrogen (secondary N) is 4. The van der Waals surface area contributed by atoms with E-state index >= 15 is 0 Å². The van der Waals surface area contributed by atoms with Crippen molar-refractivity contribution >= 4 is 68.5 Å². The number of amides is 2. The first-order chi connectivity index (χ1) is 20.3. The summed E-state index contributed by atoms with van der Waals surface area (Å²) in [6, 6.07) is 27.6. The number of nitriles is 2. The molecule has 6 aromatic rings. The molecule has 0 bridgehead atoms. The van der Waals surface area contributed by atoms with E-state index in [9.17, 15) is 9.59 Å². The smallest absolute Gasteiger partial charge is 0.291 e. The molecule has 0 radical (unpaired) electrons. The normalized spacial score (nSPS) is 10.3. The van der Waals surface area contributed by atoms with Gasteiger partial charge in [0.1, 0.15) is 0 Å². The number of nitrogens with zero attached hydrogens (tertiary/aromatic N) is 4. The van der Waals surface area contributed by atoms with Gasteiger partial charge in [-0.3, -0.25) is 9.59 Å². The zero-order chi connectivity index (χ0) is 29.6. The Kier molecular flexibility index (Phi) is 8.12. The molecule has 4 aromatic carbocycles. The van der Waals surface area contributed by atoms with Gasteiger partial charge in [-0.05, 0) is 84.9 Å². The predicted octanol–water partition coefficient (Wildman–Crippen LogP) is 6.68. The van der Waals surface area contributed by atoms with Crippen LogP contribution in [0.1, 0.15) is 32.4 Å². The number of H-pyrrole nitrogens is 2. The number of halogens is 2. The highest BCUT2D eigenvalue weighted by Crippen LogP contribution is 2.19. The number of benzene rings is 4. The molecule has 0 saturated carbocycles. The van der Waals surface area contributed by atoms with Gasteiger partial charge in [0.25, 0.3) is 11.8 Å². The first kappa shape index (κ1) is 27.9. The van der Waals surface area contributed by atoms with Gasteiger partial charge in [-0.25, -0.2) is 9.97 Å². The van der Waals surface area contributed by atoms with E-state index in [0.29, 0.717) is 54.6 Å². The van der Waals surface area contributed by atoms with Crippen molar-refractivity contribution in [3.05, 3.63) is 118 Å². The van der Waals surface area contributed by atoms with Gasteiger partial charge in [0.05, 0.1) is 45.3 Å². The number of carbonyl (C=O) groups excluding carboxylic acids is 2. The largest absolute Gasteiger partial charge is 0.334 e. The van der Waals surface area contributed by atoms with Crippen molar-refractivity contribution in [1.29, 1.82) is 10.5 Å². The Morgan fingerprint density at radius 3 is 1.36 bits per heavy atom. The van der Waals surface area contributed by atoms with E-state index in [4.69, 9.17) is 33.7 Å². The van der Waals surface area contributed by atoms with Crippen molar-refractivity contribution in [2.75, 3.05) is 10.6 Å². The van der Waals surface area contributed by atoms with Gasteiger partial charge in [0.15, 0.2) is 11.6 Å². The Labute approximate surface area is 248 Å². The number of imidazole rings is 2. The van der Waals surface area contributed by atoms with E-state index in [1.165, 1.54) is 0 Å². The van der Waals surface area contributed by atoms with E-state index < -0.39 is 0 Å². The number of aromatic nitrogens is 4. The molecule has 10 nitrogen and oxygen atoms in total. The molecule has 4 N–H and O–H groups in total. The summed E-state index contributed by atoms with van der Waals surface area (Å²) >= 11 is 11.8. The number of fused-ring (bicyclic) bond motifs is 2. The molecule has 42 heavy (non-hydrogen) atoms. The maximum absolute atomic E-state index is 12.1. The number of rotatable bonds is 4. The quantitative estimate of drug-likeness (QED) is 0.178. The highest BCUT2D eigenvalue weighted by atomic mass is 35.5. The highest BCUT2D eigenvalue weighted by molar-refractivity contribution is 6.31. The lowest BCUT2D eigenvalue weighted by molar-refractivity contribution is 0.101. The SMILES string of the molecule is N#Cc1ccc(NC(=O)c2nc3ccc(Cl)cc3[nH]2)cc1.N#Cc1ccc(NC(=O)c2nc3ccc(Cl)cc3[nH]2)cc1. The molecule has 204 valence electrons. The third-order valence-electron chi connectivity index (χ3n) is 5.86. The van der Waals surface area contributed by atoms with Crippen LogP contribution in [0, 0.1) is 22.7 Å². The standard InChI is InChI=1S/2C15H9ClN4O/c2*16-10-3-6-12-13(7-10)20-14(19-12)15(21)18-11-4-1-9(8-17)2-5-11/h2*1-7H,(H,18,21)(H,19,20). The molecule has 0 aliphatic rings. The van der Waals surface area contributed by atoms with Crippen LogP contribution in [0.2, 0.25) is 10.0 Å². The summed E-state index contributed by atoms with van der Waals surface area (Å²) in [4.78, 5) is 38.5. The molecule has 0 aliphatic heterocycles. The van der Waals surface area contributed by atoms with E-state index in [1.54, 1.807) is 84.9 Å². The Balaban J connectivity index is 0.000000168. The number of hydrogen-bond donors (Lipinski definition) is 4. The zero-order valence-corrected chi connectivity index (χ0v) is 23.0. The third kappa shape index (κ3) is 6.54. The van der Waals surface area contributed by atoms with Crippen LogP contribution in [0.25, 0.3) is 22.1 Å². The lowest BCUT2D eigenvalue weighted by Crippen LogP contribution is -2.13. The summed E-state index contributed by atoms with van der Waals surface area (Å²) in [7, 11) is 0. The van der Waals surface area contributed by atoms with Gasteiger partial charge < -0.3 is 20.6 Å². The van der Waals surface area contributed by atoms with Crippen LogP contribution in [0.15, 0.2) is 84.9 Å². The van der Waals surface area contributed by atoms with E-state index in [-0.39, 0.29) is 23.5 Å². The van der Waals surface area contributed by atoms with Crippen LogP contribution in [-0.2, 0) is 0 Å². The first-order valence-corrected chi connectivity index (χ1v) is 13.0. The molecule has 0 unspecified atom stereocenters. The van der Waals surface area contributed by atoms with Crippen molar-refractivity contribution in [2.45, 2.75) is 0 Å². The monoisotopic (exact) mass is 592 g/mol. The van der Waals surface area contributed by atoms with Crippen molar-refractivity contribution < 1.29 is 9.59 Å². The van der Waals surface area contributed by atoms with Crippen LogP contribution < -0.4 is 10.6 Å². The molecule has 2 heterocycles. The minimum atomic E-state index is -0.355. The van der Waals surface area contributed by atoms with Crippen LogP contribution in [0.4, 0.5) is 11.4 Å². The third-order valence-corrected chi connectivity index (χ3v) is 6.33. The predicted molar refractivity (Wildman–Crippen MR) is 160 cm³/mol. The average molecular weight is 593 g/mol. The molecular weight excluding hydrogens is 575 g/mol. The topological polar surface area (TPSA) is 163 Å². The van der Waals surface area contributed by atoms with Gasteiger partial charge in [-0.15, -0.1) is 0 Å². The van der Waals surface area contributed by atoms with Gasteiger partial charge in [0, 0.05) is 21.4 Å². The summed E-state index contributed by atoms with van der Waals surface area (Å²) in [5.41, 5.74) is 5.00. The van der Waals surface area contributed by atoms with Gasteiger partial charge in [-0.2, -0.15) is 10.5 Å². The Morgan fingerprint density at radius 2 is 1.00 bits per heavy atom. The van der Waals surface area contributed by atoms with Gasteiger partial charge >= 0.3 is 0 Å². The molecule has 0 aliphatic carbocycles. The zero-order valence-electron chi connectivity index (χ0n) is 21.4. The van der Waals surface area contributed by atoms with Crippen LogP contribution in [-0.4, -0.2) is 31.8 Å². The maximum Gasteiger partial charge on any atom is 0.291 e. The lowest BCUT2D eigenvalue weighted by atomic mass is 10.2. The van der Waals surface area contributed by atoms with Crippen molar-refractivity contribution in [3.63, 3.8) is 0 Å². The van der Waals surface area contributed by atoms with E-state index in [1.807, 2.05) is 12.1 Å². The second-order valence-electron chi connectivity index (χ2n) is 8.78. The van der Waals surface area contributed by atoms with Crippen LogP contribution in [0.3, 0.4) is 0 Å². The molecule has 6 rings (SSSR count). The summed E-state index contributed by atoms with van der Waals surface area (Å²) in [5.74, 6) is -0.299. The molecule has 2 aromatic heterocycles. The number of anilines is 2.